The number of amides is 1. The average Bonchev–Trinajstić information content (AvgIpc) is 2.38. The molecular formula is C10H14N4O4. The van der Waals surface area contributed by atoms with Gasteiger partial charge in [-0.3, -0.25) is 14.6 Å². The van der Waals surface area contributed by atoms with Crippen LogP contribution in [0.25, 0.3) is 0 Å². The van der Waals surface area contributed by atoms with Crippen molar-refractivity contribution in [2.45, 2.75) is 6.10 Å². The molecule has 1 fully saturated rings. The van der Waals surface area contributed by atoms with Crippen LogP contribution in [-0.4, -0.2) is 53.1 Å². The largest absolute Gasteiger partial charge is 0.373 e. The number of nitrogens with one attached hydrogen (secondary N) is 2. The molecule has 0 aromatic carbocycles. The summed E-state index contributed by atoms with van der Waals surface area (Å²) >= 11 is 0. The normalized spacial score (nSPS) is 19.8. The SMILES string of the molecule is NCC1CN(C(=O)c2c[nH]c(=O)[nH]c2=O)CCO1. The maximum absolute atomic E-state index is 12.1. The molecule has 1 amide bonds. The van der Waals surface area contributed by atoms with Crippen molar-refractivity contribution in [3.63, 3.8) is 0 Å². The molecule has 1 aliphatic heterocycles. The molecule has 0 bridgehead atoms. The van der Waals surface area contributed by atoms with Crippen LogP contribution < -0.4 is 17.0 Å². The van der Waals surface area contributed by atoms with Gasteiger partial charge in [0.05, 0.1) is 12.7 Å². The highest BCUT2D eigenvalue weighted by atomic mass is 16.5. The van der Waals surface area contributed by atoms with Crippen LogP contribution in [0.15, 0.2) is 15.8 Å². The summed E-state index contributed by atoms with van der Waals surface area (Å²) in [6.07, 6.45) is 0.903. The number of ether oxygens (including phenoxy) is 1. The molecule has 2 rings (SSSR count). The summed E-state index contributed by atoms with van der Waals surface area (Å²) in [5.41, 5.74) is 4.05. The zero-order valence-electron chi connectivity index (χ0n) is 9.64. The van der Waals surface area contributed by atoms with Crippen LogP contribution in [-0.2, 0) is 4.74 Å². The number of nitrogens with zero attached hydrogens (tertiary/aromatic N) is 1. The molecule has 1 unspecified atom stereocenters. The lowest BCUT2D eigenvalue weighted by molar-refractivity contribution is -0.0168. The topological polar surface area (TPSA) is 121 Å². The average molecular weight is 254 g/mol. The molecule has 2 heterocycles. The minimum Gasteiger partial charge on any atom is -0.373 e. The van der Waals surface area contributed by atoms with Gasteiger partial charge in [0.2, 0.25) is 0 Å². The molecule has 0 radical (unpaired) electrons. The number of H-pyrrole nitrogens is 2. The Morgan fingerprint density at radius 2 is 2.33 bits per heavy atom. The van der Waals surface area contributed by atoms with E-state index >= 15 is 0 Å². The molecule has 1 aromatic rings. The van der Waals surface area contributed by atoms with Crippen LogP contribution in [0.4, 0.5) is 0 Å². The maximum Gasteiger partial charge on any atom is 0.325 e. The van der Waals surface area contributed by atoms with Gasteiger partial charge in [-0.2, -0.15) is 0 Å². The third kappa shape index (κ3) is 2.49. The Labute approximate surface area is 102 Å². The Morgan fingerprint density at radius 3 is 3.00 bits per heavy atom. The lowest BCUT2D eigenvalue weighted by atomic mass is 10.2. The highest BCUT2D eigenvalue weighted by Crippen LogP contribution is 2.06. The first-order chi connectivity index (χ1) is 8.61. The number of aromatic amines is 2. The van der Waals surface area contributed by atoms with E-state index in [1.54, 1.807) is 0 Å². The highest BCUT2D eigenvalue weighted by molar-refractivity contribution is 5.93. The summed E-state index contributed by atoms with van der Waals surface area (Å²) in [7, 11) is 0. The number of aromatic nitrogens is 2. The van der Waals surface area contributed by atoms with Gasteiger partial charge in [-0.05, 0) is 0 Å². The van der Waals surface area contributed by atoms with E-state index < -0.39 is 17.2 Å². The van der Waals surface area contributed by atoms with Crippen molar-refractivity contribution in [1.29, 1.82) is 0 Å². The summed E-state index contributed by atoms with van der Waals surface area (Å²) in [4.78, 5) is 40.2. The monoisotopic (exact) mass is 254 g/mol. The number of carbonyl (C=O) groups excluding carboxylic acids is 1. The zero-order valence-corrected chi connectivity index (χ0v) is 9.64. The Kier molecular flexibility index (Phi) is 3.58. The lowest BCUT2D eigenvalue weighted by Crippen LogP contribution is -2.49. The van der Waals surface area contributed by atoms with Crippen LogP contribution >= 0.6 is 0 Å². The molecular weight excluding hydrogens is 240 g/mol. The van der Waals surface area contributed by atoms with Gasteiger partial charge >= 0.3 is 5.69 Å². The van der Waals surface area contributed by atoms with Gasteiger partial charge in [-0.15, -0.1) is 0 Å². The minimum absolute atomic E-state index is 0.0905. The van der Waals surface area contributed by atoms with Crippen molar-refractivity contribution in [2.75, 3.05) is 26.2 Å². The molecule has 1 atom stereocenters. The molecule has 8 nitrogen and oxygen atoms in total. The standard InChI is InChI=1S/C10H14N4O4/c11-3-6-5-14(1-2-18-6)9(16)7-4-12-10(17)13-8(7)15/h4,6H,1-3,5,11H2,(H2,12,13,15,17). The van der Waals surface area contributed by atoms with Gasteiger partial charge < -0.3 is 20.4 Å². The van der Waals surface area contributed by atoms with Crippen LogP contribution in [0.1, 0.15) is 10.4 Å². The van der Waals surface area contributed by atoms with Crippen molar-refractivity contribution >= 4 is 5.91 Å². The number of carbonyl (C=O) groups is 1. The van der Waals surface area contributed by atoms with Crippen LogP contribution in [0.3, 0.4) is 0 Å². The first-order valence-corrected chi connectivity index (χ1v) is 5.54. The second-order valence-corrected chi connectivity index (χ2v) is 3.97. The minimum atomic E-state index is -0.695. The highest BCUT2D eigenvalue weighted by Gasteiger charge is 2.25. The Bertz CT molecular complexity index is 549. The van der Waals surface area contributed by atoms with Gasteiger partial charge in [-0.25, -0.2) is 4.79 Å². The Balaban J connectivity index is 2.20. The number of hydrogen-bond acceptors (Lipinski definition) is 5. The number of morpholine rings is 1. The fourth-order valence-electron chi connectivity index (χ4n) is 1.79. The summed E-state index contributed by atoms with van der Waals surface area (Å²) in [6.45, 7) is 1.43. The van der Waals surface area contributed by atoms with Gasteiger partial charge in [0.1, 0.15) is 5.56 Å². The summed E-state index contributed by atoms with van der Waals surface area (Å²) in [5.74, 6) is -0.436. The van der Waals surface area contributed by atoms with Gasteiger partial charge in [-0.1, -0.05) is 0 Å². The predicted molar refractivity (Wildman–Crippen MR) is 62.4 cm³/mol. The summed E-state index contributed by atoms with van der Waals surface area (Å²) in [6, 6.07) is 0. The second-order valence-electron chi connectivity index (χ2n) is 3.97. The fourth-order valence-corrected chi connectivity index (χ4v) is 1.79. The summed E-state index contributed by atoms with van der Waals surface area (Å²) < 4.78 is 5.33. The van der Waals surface area contributed by atoms with Crippen molar-refractivity contribution in [1.82, 2.24) is 14.9 Å². The van der Waals surface area contributed by atoms with Crippen molar-refractivity contribution < 1.29 is 9.53 Å². The quantitative estimate of drug-likeness (QED) is 0.556. The maximum atomic E-state index is 12.1. The third-order valence-corrected chi connectivity index (χ3v) is 2.74. The molecule has 1 aromatic heterocycles. The molecule has 98 valence electrons. The molecule has 18 heavy (non-hydrogen) atoms. The van der Waals surface area contributed by atoms with E-state index in [1.165, 1.54) is 4.90 Å². The van der Waals surface area contributed by atoms with E-state index in [1.807, 2.05) is 4.98 Å². The van der Waals surface area contributed by atoms with E-state index in [9.17, 15) is 14.4 Å². The molecule has 1 aliphatic rings. The van der Waals surface area contributed by atoms with E-state index in [0.29, 0.717) is 26.2 Å². The number of rotatable bonds is 2. The number of hydrogen-bond donors (Lipinski definition) is 3. The van der Waals surface area contributed by atoms with Crippen LogP contribution in [0.2, 0.25) is 0 Å². The van der Waals surface area contributed by atoms with Gasteiger partial charge in [0.25, 0.3) is 11.5 Å². The third-order valence-electron chi connectivity index (χ3n) is 2.74. The number of nitrogens with two attached hydrogens (primary N) is 1. The molecule has 0 spiro atoms. The fraction of sp³-hybridized carbons (Fsp3) is 0.500. The predicted octanol–water partition coefficient (Wildman–Crippen LogP) is -2.14. The van der Waals surface area contributed by atoms with Gasteiger partial charge in [0.15, 0.2) is 0 Å². The zero-order chi connectivity index (χ0) is 13.1. The molecule has 4 N–H and O–H groups in total. The lowest BCUT2D eigenvalue weighted by Gasteiger charge is -2.32. The Hall–Kier alpha value is -1.93. The van der Waals surface area contributed by atoms with Crippen molar-refractivity contribution in [3.8, 4) is 0 Å². The van der Waals surface area contributed by atoms with Gasteiger partial charge in [0, 0.05) is 25.8 Å². The molecule has 0 saturated carbocycles. The van der Waals surface area contributed by atoms with Crippen molar-refractivity contribution in [3.05, 3.63) is 32.6 Å². The van der Waals surface area contributed by atoms with Crippen molar-refractivity contribution in [2.24, 2.45) is 5.73 Å². The molecule has 0 aliphatic carbocycles. The summed E-state index contributed by atoms with van der Waals surface area (Å²) in [5, 5.41) is 0. The van der Waals surface area contributed by atoms with E-state index in [0.717, 1.165) is 6.20 Å². The first-order valence-electron chi connectivity index (χ1n) is 5.54. The second kappa shape index (κ2) is 5.15. The smallest absolute Gasteiger partial charge is 0.325 e. The van der Waals surface area contributed by atoms with E-state index in [4.69, 9.17) is 10.5 Å². The molecule has 8 heteroatoms. The Morgan fingerprint density at radius 1 is 1.56 bits per heavy atom. The van der Waals surface area contributed by atoms with Crippen LogP contribution in [0, 0.1) is 0 Å². The van der Waals surface area contributed by atoms with E-state index in [2.05, 4.69) is 4.98 Å². The molecule has 1 saturated heterocycles. The first kappa shape index (κ1) is 12.5. The van der Waals surface area contributed by atoms with Crippen LogP contribution in [0.5, 0.6) is 0 Å². The van der Waals surface area contributed by atoms with E-state index in [-0.39, 0.29) is 11.7 Å².